The lowest BCUT2D eigenvalue weighted by molar-refractivity contribution is 0.0895. The fourth-order valence-electron chi connectivity index (χ4n) is 1.65. The molecular weight excluding hydrogens is 198 g/mol. The summed E-state index contributed by atoms with van der Waals surface area (Å²) in [7, 11) is 0. The van der Waals surface area contributed by atoms with Crippen molar-refractivity contribution in [3.05, 3.63) is 0 Å². The minimum atomic E-state index is -0.714. The highest BCUT2D eigenvalue weighted by atomic mass is 16.5. The number of aliphatic hydroxyl groups is 1. The summed E-state index contributed by atoms with van der Waals surface area (Å²) in [6, 6.07) is 0. The molecule has 1 amide bonds. The summed E-state index contributed by atoms with van der Waals surface area (Å²) in [5, 5.41) is 8.76. The second-order valence-corrected chi connectivity index (χ2v) is 3.57. The third-order valence-electron chi connectivity index (χ3n) is 2.53. The fraction of sp³-hybridized carbons (Fsp3) is 0.889. The minimum Gasteiger partial charge on any atom is -0.448 e. The number of amides is 1. The van der Waals surface area contributed by atoms with Crippen LogP contribution in [0.3, 0.4) is 0 Å². The number of nitrogens with zero attached hydrogens (tertiary/aromatic N) is 2. The number of primary amides is 1. The molecule has 1 heterocycles. The number of piperazine rings is 1. The van der Waals surface area contributed by atoms with Crippen molar-refractivity contribution in [2.24, 2.45) is 5.73 Å². The molecular formula is C9H19N3O3. The smallest absolute Gasteiger partial charge is 0.404 e. The molecule has 0 saturated carbocycles. The van der Waals surface area contributed by atoms with E-state index in [1.54, 1.807) is 0 Å². The molecule has 0 radical (unpaired) electrons. The van der Waals surface area contributed by atoms with Gasteiger partial charge in [0.2, 0.25) is 0 Å². The number of aliphatic hydroxyl groups excluding tert-OH is 1. The number of hydrogen-bond acceptors (Lipinski definition) is 5. The van der Waals surface area contributed by atoms with E-state index in [4.69, 9.17) is 10.8 Å². The molecule has 0 aromatic carbocycles. The molecule has 1 fully saturated rings. The van der Waals surface area contributed by atoms with E-state index in [-0.39, 0.29) is 6.61 Å². The summed E-state index contributed by atoms with van der Waals surface area (Å²) < 4.78 is 4.66. The number of ether oxygens (including phenoxy) is 1. The monoisotopic (exact) mass is 217 g/mol. The van der Waals surface area contributed by atoms with Crippen molar-refractivity contribution in [2.75, 3.05) is 52.5 Å². The van der Waals surface area contributed by atoms with Crippen molar-refractivity contribution in [1.82, 2.24) is 9.80 Å². The summed E-state index contributed by atoms with van der Waals surface area (Å²) in [5.41, 5.74) is 4.85. The van der Waals surface area contributed by atoms with Crippen LogP contribution in [0.25, 0.3) is 0 Å². The van der Waals surface area contributed by atoms with Gasteiger partial charge in [-0.3, -0.25) is 9.80 Å². The highest BCUT2D eigenvalue weighted by molar-refractivity contribution is 5.64. The van der Waals surface area contributed by atoms with Gasteiger partial charge in [0.25, 0.3) is 0 Å². The van der Waals surface area contributed by atoms with E-state index in [0.717, 1.165) is 39.3 Å². The zero-order chi connectivity index (χ0) is 11.1. The van der Waals surface area contributed by atoms with Crippen LogP contribution in [0.1, 0.15) is 0 Å². The van der Waals surface area contributed by atoms with Gasteiger partial charge in [-0.15, -0.1) is 0 Å². The molecule has 3 N–H and O–H groups in total. The summed E-state index contributed by atoms with van der Waals surface area (Å²) in [4.78, 5) is 14.8. The van der Waals surface area contributed by atoms with Crippen LogP contribution in [-0.4, -0.2) is 73.5 Å². The second-order valence-electron chi connectivity index (χ2n) is 3.57. The van der Waals surface area contributed by atoms with Gasteiger partial charge < -0.3 is 15.6 Å². The van der Waals surface area contributed by atoms with Crippen LogP contribution in [0.4, 0.5) is 4.79 Å². The number of carbonyl (C=O) groups excluding carboxylic acids is 1. The molecule has 15 heavy (non-hydrogen) atoms. The van der Waals surface area contributed by atoms with E-state index < -0.39 is 6.09 Å². The third kappa shape index (κ3) is 4.96. The van der Waals surface area contributed by atoms with Crippen molar-refractivity contribution in [2.45, 2.75) is 0 Å². The average Bonchev–Trinajstić information content (AvgIpc) is 2.20. The maximum Gasteiger partial charge on any atom is 0.404 e. The van der Waals surface area contributed by atoms with Gasteiger partial charge in [0.1, 0.15) is 6.61 Å². The summed E-state index contributed by atoms with van der Waals surface area (Å²) in [5.74, 6) is 0. The molecule has 6 heteroatoms. The normalized spacial score (nSPS) is 19.0. The van der Waals surface area contributed by atoms with Crippen LogP contribution >= 0.6 is 0 Å². The number of β-amino-alcohol motifs (C(OH)–C–C–N with tert-alkyl or cyclic N) is 1. The quantitative estimate of drug-likeness (QED) is 0.598. The van der Waals surface area contributed by atoms with E-state index in [9.17, 15) is 4.79 Å². The Morgan fingerprint density at radius 3 is 2.20 bits per heavy atom. The Bertz CT molecular complexity index is 193. The van der Waals surface area contributed by atoms with E-state index in [1.807, 2.05) is 0 Å². The van der Waals surface area contributed by atoms with Crippen LogP contribution in [0.2, 0.25) is 0 Å². The van der Waals surface area contributed by atoms with E-state index in [2.05, 4.69) is 14.5 Å². The van der Waals surface area contributed by atoms with Crippen LogP contribution in [0.5, 0.6) is 0 Å². The molecule has 0 spiro atoms. The molecule has 1 rings (SSSR count). The predicted octanol–water partition coefficient (Wildman–Crippen LogP) is -1.31. The minimum absolute atomic E-state index is 0.213. The predicted molar refractivity (Wildman–Crippen MR) is 55.5 cm³/mol. The van der Waals surface area contributed by atoms with Crippen LogP contribution < -0.4 is 5.73 Å². The van der Waals surface area contributed by atoms with Crippen LogP contribution in [0, 0.1) is 0 Å². The zero-order valence-corrected chi connectivity index (χ0v) is 8.89. The second kappa shape index (κ2) is 6.60. The van der Waals surface area contributed by atoms with E-state index >= 15 is 0 Å². The van der Waals surface area contributed by atoms with Crippen molar-refractivity contribution in [3.8, 4) is 0 Å². The highest BCUT2D eigenvalue weighted by Gasteiger charge is 2.15. The lowest BCUT2D eigenvalue weighted by atomic mass is 10.3. The number of nitrogens with two attached hydrogens (primary N) is 1. The first-order valence-corrected chi connectivity index (χ1v) is 5.20. The van der Waals surface area contributed by atoms with Crippen molar-refractivity contribution in [3.63, 3.8) is 0 Å². The van der Waals surface area contributed by atoms with Gasteiger partial charge in [-0.25, -0.2) is 4.79 Å². The molecule has 0 atom stereocenters. The maximum absolute atomic E-state index is 10.3. The van der Waals surface area contributed by atoms with Gasteiger partial charge in [0, 0.05) is 39.3 Å². The van der Waals surface area contributed by atoms with Gasteiger partial charge in [-0.1, -0.05) is 0 Å². The number of carbonyl (C=O) groups is 1. The van der Waals surface area contributed by atoms with Gasteiger partial charge >= 0.3 is 6.09 Å². The van der Waals surface area contributed by atoms with Gasteiger partial charge in [-0.2, -0.15) is 0 Å². The van der Waals surface area contributed by atoms with Crippen molar-refractivity contribution >= 4 is 6.09 Å². The molecule has 6 nitrogen and oxygen atoms in total. The SMILES string of the molecule is NC(=O)OCCN1CCN(CCO)CC1. The van der Waals surface area contributed by atoms with Gasteiger partial charge in [-0.05, 0) is 0 Å². The molecule has 0 bridgehead atoms. The Hall–Kier alpha value is -0.850. The first kappa shape index (κ1) is 12.2. The standard InChI is InChI=1S/C9H19N3O3/c10-9(14)15-8-6-12-3-1-11(2-4-12)5-7-13/h13H,1-8H2,(H2,10,14). The fourth-order valence-corrected chi connectivity index (χ4v) is 1.65. The lowest BCUT2D eigenvalue weighted by Crippen LogP contribution is -2.48. The van der Waals surface area contributed by atoms with E-state index in [0.29, 0.717) is 6.61 Å². The average molecular weight is 217 g/mol. The third-order valence-corrected chi connectivity index (χ3v) is 2.53. The molecule has 0 aliphatic carbocycles. The van der Waals surface area contributed by atoms with Crippen molar-refractivity contribution < 1.29 is 14.6 Å². The van der Waals surface area contributed by atoms with Gasteiger partial charge in [0.15, 0.2) is 0 Å². The Morgan fingerprint density at radius 2 is 1.73 bits per heavy atom. The Balaban J connectivity index is 2.06. The molecule has 0 aromatic heterocycles. The molecule has 1 aliphatic heterocycles. The summed E-state index contributed by atoms with van der Waals surface area (Å²) in [6.45, 7) is 5.85. The molecule has 1 aliphatic rings. The maximum atomic E-state index is 10.3. The molecule has 88 valence electrons. The molecule has 0 unspecified atom stereocenters. The van der Waals surface area contributed by atoms with E-state index in [1.165, 1.54) is 0 Å². The molecule has 0 aromatic rings. The van der Waals surface area contributed by atoms with Crippen LogP contribution in [-0.2, 0) is 4.74 Å². The first-order chi connectivity index (χ1) is 7.22. The van der Waals surface area contributed by atoms with Crippen molar-refractivity contribution in [1.29, 1.82) is 0 Å². The largest absolute Gasteiger partial charge is 0.448 e. The highest BCUT2D eigenvalue weighted by Crippen LogP contribution is 2.00. The zero-order valence-electron chi connectivity index (χ0n) is 8.89. The lowest BCUT2D eigenvalue weighted by Gasteiger charge is -2.33. The molecule has 1 saturated heterocycles. The number of rotatable bonds is 5. The number of hydrogen-bond donors (Lipinski definition) is 2. The Morgan fingerprint density at radius 1 is 1.20 bits per heavy atom. The topological polar surface area (TPSA) is 79.0 Å². The van der Waals surface area contributed by atoms with Gasteiger partial charge in [0.05, 0.1) is 6.61 Å². The summed E-state index contributed by atoms with van der Waals surface area (Å²) >= 11 is 0. The van der Waals surface area contributed by atoms with Crippen LogP contribution in [0.15, 0.2) is 0 Å². The first-order valence-electron chi connectivity index (χ1n) is 5.20. The Labute approximate surface area is 89.6 Å². The summed E-state index contributed by atoms with van der Waals surface area (Å²) in [6.07, 6.45) is -0.714. The Kier molecular flexibility index (Phi) is 5.38.